The molecule has 3 heteroatoms. The fourth-order valence-electron chi connectivity index (χ4n) is 2.38. The zero-order valence-electron chi connectivity index (χ0n) is 10.7. The van der Waals surface area contributed by atoms with Crippen LogP contribution in [0, 0.1) is 11.8 Å². The highest BCUT2D eigenvalue weighted by atomic mass is 16.4. The smallest absolute Gasteiger partial charge is 0.307 e. The van der Waals surface area contributed by atoms with Gasteiger partial charge >= 0.3 is 5.97 Å². The number of nitrogens with one attached hydrogen (secondary N) is 1. The average Bonchev–Trinajstić information content (AvgIpc) is 2.42. The molecule has 4 atom stereocenters. The van der Waals surface area contributed by atoms with Crippen molar-refractivity contribution in [2.75, 3.05) is 0 Å². The molecule has 0 aliphatic heterocycles. The summed E-state index contributed by atoms with van der Waals surface area (Å²) in [5, 5.41) is 12.4. The van der Waals surface area contributed by atoms with Gasteiger partial charge in [-0.15, -0.1) is 0 Å². The number of rotatable bonds is 4. The normalized spacial score (nSPS) is 30.4. The predicted molar refractivity (Wildman–Crippen MR) is 65.4 cm³/mol. The van der Waals surface area contributed by atoms with Crippen molar-refractivity contribution in [2.24, 2.45) is 11.8 Å². The maximum absolute atomic E-state index is 10.9. The Balaban J connectivity index is 2.38. The van der Waals surface area contributed by atoms with Crippen LogP contribution in [0.2, 0.25) is 0 Å². The Labute approximate surface area is 98.6 Å². The monoisotopic (exact) mass is 227 g/mol. The molecule has 1 rings (SSSR count). The molecule has 0 radical (unpaired) electrons. The minimum atomic E-state index is -0.706. The summed E-state index contributed by atoms with van der Waals surface area (Å²) < 4.78 is 0. The number of carboxylic acids is 1. The van der Waals surface area contributed by atoms with Gasteiger partial charge in [0.05, 0.1) is 5.92 Å². The Morgan fingerprint density at radius 2 is 1.94 bits per heavy atom. The first-order valence-electron chi connectivity index (χ1n) is 6.49. The third-order valence-corrected chi connectivity index (χ3v) is 3.90. The predicted octanol–water partition coefficient (Wildman–Crippen LogP) is 2.65. The highest BCUT2D eigenvalue weighted by Crippen LogP contribution is 2.23. The first-order chi connectivity index (χ1) is 7.50. The van der Waals surface area contributed by atoms with Gasteiger partial charge in [0, 0.05) is 12.1 Å². The standard InChI is InChI=1S/C13H25NO2/c1-9-5-4-6-12(8-7-9)14-11(3)10(2)13(15)16/h9-12,14H,4-8H2,1-3H3,(H,15,16). The van der Waals surface area contributed by atoms with Crippen LogP contribution in [0.25, 0.3) is 0 Å². The minimum Gasteiger partial charge on any atom is -0.481 e. The van der Waals surface area contributed by atoms with E-state index in [0.29, 0.717) is 6.04 Å². The Hall–Kier alpha value is -0.570. The van der Waals surface area contributed by atoms with Crippen molar-refractivity contribution >= 4 is 5.97 Å². The molecule has 0 spiro atoms. The van der Waals surface area contributed by atoms with Crippen LogP contribution in [0.15, 0.2) is 0 Å². The molecule has 94 valence electrons. The molecule has 0 aromatic heterocycles. The second kappa shape index (κ2) is 6.24. The lowest BCUT2D eigenvalue weighted by Gasteiger charge is -2.24. The van der Waals surface area contributed by atoms with E-state index in [0.717, 1.165) is 5.92 Å². The molecule has 4 unspecified atom stereocenters. The maximum Gasteiger partial charge on any atom is 0.307 e. The topological polar surface area (TPSA) is 49.3 Å². The lowest BCUT2D eigenvalue weighted by Crippen LogP contribution is -2.42. The van der Waals surface area contributed by atoms with Crippen molar-refractivity contribution in [3.05, 3.63) is 0 Å². The molecule has 3 nitrogen and oxygen atoms in total. The summed E-state index contributed by atoms with van der Waals surface area (Å²) in [6.07, 6.45) is 6.25. The molecule has 0 aromatic carbocycles. The second-order valence-corrected chi connectivity index (χ2v) is 5.39. The molecule has 1 aliphatic carbocycles. The molecule has 16 heavy (non-hydrogen) atoms. The Morgan fingerprint density at radius 1 is 1.25 bits per heavy atom. The van der Waals surface area contributed by atoms with Crippen molar-refractivity contribution in [3.63, 3.8) is 0 Å². The zero-order chi connectivity index (χ0) is 12.1. The van der Waals surface area contributed by atoms with Gasteiger partial charge < -0.3 is 10.4 Å². The van der Waals surface area contributed by atoms with Crippen molar-refractivity contribution in [2.45, 2.75) is 65.0 Å². The van der Waals surface area contributed by atoms with Crippen LogP contribution < -0.4 is 5.32 Å². The Morgan fingerprint density at radius 3 is 2.56 bits per heavy atom. The maximum atomic E-state index is 10.9. The summed E-state index contributed by atoms with van der Waals surface area (Å²) in [4.78, 5) is 10.9. The van der Waals surface area contributed by atoms with Crippen molar-refractivity contribution in [1.82, 2.24) is 5.32 Å². The van der Waals surface area contributed by atoms with Crippen LogP contribution >= 0.6 is 0 Å². The lowest BCUT2D eigenvalue weighted by molar-refractivity contribution is -0.142. The van der Waals surface area contributed by atoms with Gasteiger partial charge in [-0.3, -0.25) is 4.79 Å². The van der Waals surface area contributed by atoms with E-state index in [-0.39, 0.29) is 12.0 Å². The third kappa shape index (κ3) is 4.12. The highest BCUT2D eigenvalue weighted by Gasteiger charge is 2.23. The molecule has 0 bridgehead atoms. The van der Waals surface area contributed by atoms with Crippen LogP contribution in [0.4, 0.5) is 0 Å². The summed E-state index contributed by atoms with van der Waals surface area (Å²) >= 11 is 0. The van der Waals surface area contributed by atoms with Crippen LogP contribution in [-0.2, 0) is 4.79 Å². The van der Waals surface area contributed by atoms with Crippen molar-refractivity contribution in [1.29, 1.82) is 0 Å². The van der Waals surface area contributed by atoms with Gasteiger partial charge in [-0.25, -0.2) is 0 Å². The van der Waals surface area contributed by atoms with Crippen LogP contribution in [0.5, 0.6) is 0 Å². The van der Waals surface area contributed by atoms with E-state index in [9.17, 15) is 4.79 Å². The minimum absolute atomic E-state index is 0.0657. The average molecular weight is 227 g/mol. The number of aliphatic carboxylic acids is 1. The van der Waals surface area contributed by atoms with Crippen LogP contribution in [0.3, 0.4) is 0 Å². The molecule has 0 heterocycles. The van der Waals surface area contributed by atoms with Crippen molar-refractivity contribution in [3.8, 4) is 0 Å². The first kappa shape index (κ1) is 13.5. The quantitative estimate of drug-likeness (QED) is 0.726. The Kier molecular flexibility index (Phi) is 5.26. The van der Waals surface area contributed by atoms with E-state index < -0.39 is 5.97 Å². The second-order valence-electron chi connectivity index (χ2n) is 5.39. The third-order valence-electron chi connectivity index (χ3n) is 3.90. The highest BCUT2D eigenvalue weighted by molar-refractivity contribution is 5.70. The van der Waals surface area contributed by atoms with Gasteiger partial charge in [0.1, 0.15) is 0 Å². The fraction of sp³-hybridized carbons (Fsp3) is 0.923. The molecule has 0 saturated heterocycles. The van der Waals surface area contributed by atoms with Gasteiger partial charge in [0.2, 0.25) is 0 Å². The number of hydrogen-bond donors (Lipinski definition) is 2. The molecule has 0 aromatic rings. The van der Waals surface area contributed by atoms with E-state index in [4.69, 9.17) is 5.11 Å². The molecule has 1 aliphatic rings. The summed E-state index contributed by atoms with van der Waals surface area (Å²) in [6.45, 7) is 6.07. The number of carboxylic acid groups (broad SMARTS) is 1. The summed E-state index contributed by atoms with van der Waals surface area (Å²) in [6, 6.07) is 0.581. The van der Waals surface area contributed by atoms with Gasteiger partial charge in [-0.05, 0) is 32.1 Å². The largest absolute Gasteiger partial charge is 0.481 e. The van der Waals surface area contributed by atoms with E-state index >= 15 is 0 Å². The molecule has 0 amide bonds. The Bertz CT molecular complexity index is 230. The summed E-state index contributed by atoms with van der Waals surface area (Å²) in [5.74, 6) is -0.179. The van der Waals surface area contributed by atoms with Gasteiger partial charge in [-0.2, -0.15) is 0 Å². The van der Waals surface area contributed by atoms with Crippen LogP contribution in [0.1, 0.15) is 52.9 Å². The van der Waals surface area contributed by atoms with Crippen LogP contribution in [-0.4, -0.2) is 23.2 Å². The summed E-state index contributed by atoms with van der Waals surface area (Å²) in [7, 11) is 0. The van der Waals surface area contributed by atoms with Crippen molar-refractivity contribution < 1.29 is 9.90 Å². The van der Waals surface area contributed by atoms with Gasteiger partial charge in [0.25, 0.3) is 0 Å². The lowest BCUT2D eigenvalue weighted by atomic mass is 10.0. The molecule has 1 fully saturated rings. The summed E-state index contributed by atoms with van der Waals surface area (Å²) in [5.41, 5.74) is 0. The molecule has 1 saturated carbocycles. The van der Waals surface area contributed by atoms with E-state index in [1.807, 2.05) is 6.92 Å². The van der Waals surface area contributed by atoms with E-state index in [1.165, 1.54) is 32.1 Å². The van der Waals surface area contributed by atoms with Gasteiger partial charge in [-0.1, -0.05) is 26.7 Å². The fourth-order valence-corrected chi connectivity index (χ4v) is 2.38. The number of carbonyl (C=O) groups is 1. The number of hydrogen-bond acceptors (Lipinski definition) is 2. The molecular weight excluding hydrogens is 202 g/mol. The van der Waals surface area contributed by atoms with E-state index in [2.05, 4.69) is 12.2 Å². The molecule has 2 N–H and O–H groups in total. The van der Waals surface area contributed by atoms with Gasteiger partial charge in [0.15, 0.2) is 0 Å². The SMILES string of the molecule is CC1CCCC(NC(C)C(C)C(=O)O)CC1. The zero-order valence-corrected chi connectivity index (χ0v) is 10.7. The molecular formula is C13H25NO2. The van der Waals surface area contributed by atoms with E-state index in [1.54, 1.807) is 6.92 Å². The first-order valence-corrected chi connectivity index (χ1v) is 6.49.